The zero-order valence-corrected chi connectivity index (χ0v) is 10.9. The van der Waals surface area contributed by atoms with E-state index in [1.165, 1.54) is 4.90 Å². The normalized spacial score (nSPS) is 17.6. The van der Waals surface area contributed by atoms with E-state index in [0.29, 0.717) is 18.2 Å². The van der Waals surface area contributed by atoms with Crippen molar-refractivity contribution in [1.29, 1.82) is 0 Å². The number of ether oxygens (including phenoxy) is 1. The van der Waals surface area contributed by atoms with Gasteiger partial charge >= 0.3 is 6.09 Å². The Balaban J connectivity index is 1.88. The van der Waals surface area contributed by atoms with Gasteiger partial charge in [0.25, 0.3) is 0 Å². The van der Waals surface area contributed by atoms with Gasteiger partial charge in [-0.2, -0.15) is 5.10 Å². The van der Waals surface area contributed by atoms with Crippen LogP contribution in [0, 0.1) is 0 Å². The summed E-state index contributed by atoms with van der Waals surface area (Å²) in [5.41, 5.74) is 0.746. The fourth-order valence-corrected chi connectivity index (χ4v) is 2.24. The van der Waals surface area contributed by atoms with E-state index in [1.54, 1.807) is 29.2 Å². The number of pyridine rings is 1. The van der Waals surface area contributed by atoms with Gasteiger partial charge in [0.15, 0.2) is 5.75 Å². The van der Waals surface area contributed by atoms with Crippen LogP contribution in [0.25, 0.3) is 0 Å². The lowest BCUT2D eigenvalue weighted by molar-refractivity contribution is 0.105. The molecule has 7 heteroatoms. The van der Waals surface area contributed by atoms with Crippen molar-refractivity contribution in [3.63, 3.8) is 0 Å². The van der Waals surface area contributed by atoms with Crippen molar-refractivity contribution in [2.24, 2.45) is 0 Å². The molecule has 0 radical (unpaired) electrons. The number of hydrogen-bond donors (Lipinski definition) is 1. The second-order valence-electron chi connectivity index (χ2n) is 4.67. The largest absolute Gasteiger partial charge is 0.465 e. The summed E-state index contributed by atoms with van der Waals surface area (Å²) in [5.74, 6) is 1.01. The topological polar surface area (TPSA) is 80.5 Å². The molecule has 1 amide bonds. The molecule has 1 atom stereocenters. The molecular weight excluding hydrogens is 260 g/mol. The first-order chi connectivity index (χ1) is 9.65. The number of carboxylic acid groups (broad SMARTS) is 1. The van der Waals surface area contributed by atoms with Gasteiger partial charge in [0.2, 0.25) is 5.88 Å². The third-order valence-corrected chi connectivity index (χ3v) is 3.30. The molecular formula is C13H14N4O3. The maximum atomic E-state index is 11.2. The smallest absolute Gasteiger partial charge is 0.407 e. The minimum Gasteiger partial charge on any atom is -0.465 e. The van der Waals surface area contributed by atoms with Gasteiger partial charge in [-0.3, -0.25) is 9.58 Å². The first-order valence-electron chi connectivity index (χ1n) is 6.28. The lowest BCUT2D eigenvalue weighted by Gasteiger charge is -2.31. The third kappa shape index (κ3) is 2.18. The minimum atomic E-state index is -0.936. The average molecular weight is 274 g/mol. The van der Waals surface area contributed by atoms with E-state index in [-0.39, 0.29) is 12.6 Å². The molecule has 2 aromatic rings. The van der Waals surface area contributed by atoms with Gasteiger partial charge in [0.1, 0.15) is 5.69 Å². The van der Waals surface area contributed by atoms with E-state index in [1.807, 2.05) is 13.0 Å². The van der Waals surface area contributed by atoms with Gasteiger partial charge < -0.3 is 9.84 Å². The molecule has 20 heavy (non-hydrogen) atoms. The third-order valence-electron chi connectivity index (χ3n) is 3.30. The molecule has 0 bridgehead atoms. The van der Waals surface area contributed by atoms with Crippen LogP contribution in [-0.2, 0) is 13.1 Å². The van der Waals surface area contributed by atoms with Crippen LogP contribution >= 0.6 is 0 Å². The molecule has 0 unspecified atom stereocenters. The van der Waals surface area contributed by atoms with E-state index in [9.17, 15) is 9.90 Å². The highest BCUT2D eigenvalue weighted by atomic mass is 16.5. The molecule has 0 aromatic carbocycles. The summed E-state index contributed by atoms with van der Waals surface area (Å²) < 4.78 is 7.45. The molecule has 0 aliphatic carbocycles. The van der Waals surface area contributed by atoms with Crippen molar-refractivity contribution in [1.82, 2.24) is 19.7 Å². The number of hydrogen-bond acceptors (Lipinski definition) is 4. The summed E-state index contributed by atoms with van der Waals surface area (Å²) in [5, 5.41) is 13.4. The lowest BCUT2D eigenvalue weighted by atomic mass is 10.2. The fourth-order valence-electron chi connectivity index (χ4n) is 2.24. The maximum Gasteiger partial charge on any atom is 0.407 e. The maximum absolute atomic E-state index is 11.2. The highest BCUT2D eigenvalue weighted by Crippen LogP contribution is 2.28. The Bertz CT molecular complexity index is 626. The quantitative estimate of drug-likeness (QED) is 0.905. The van der Waals surface area contributed by atoms with Crippen LogP contribution in [0.2, 0.25) is 0 Å². The van der Waals surface area contributed by atoms with E-state index in [0.717, 1.165) is 5.69 Å². The highest BCUT2D eigenvalue weighted by Gasteiger charge is 2.29. The second kappa shape index (κ2) is 4.84. The fraction of sp³-hybridized carbons (Fsp3) is 0.308. The summed E-state index contributed by atoms with van der Waals surface area (Å²) in [4.78, 5) is 16.7. The predicted octanol–water partition coefficient (Wildman–Crippen LogP) is 1.95. The SMILES string of the molecule is C[C@H]1Cn2ncc(Oc3ccccn3)c2CN1C(=O)O. The Hall–Kier alpha value is -2.57. The van der Waals surface area contributed by atoms with Gasteiger partial charge in [-0.05, 0) is 13.0 Å². The number of nitrogens with zero attached hydrogens (tertiary/aromatic N) is 4. The zero-order valence-electron chi connectivity index (χ0n) is 10.9. The monoisotopic (exact) mass is 274 g/mol. The van der Waals surface area contributed by atoms with Gasteiger partial charge in [0.05, 0.1) is 25.3 Å². The van der Waals surface area contributed by atoms with Crippen LogP contribution in [-0.4, -0.2) is 36.9 Å². The van der Waals surface area contributed by atoms with E-state index >= 15 is 0 Å². The number of fused-ring (bicyclic) bond motifs is 1. The Morgan fingerprint density at radius 2 is 2.35 bits per heavy atom. The number of carbonyl (C=O) groups is 1. The van der Waals surface area contributed by atoms with Gasteiger partial charge in [-0.15, -0.1) is 0 Å². The lowest BCUT2D eigenvalue weighted by Crippen LogP contribution is -2.44. The Labute approximate surface area is 115 Å². The van der Waals surface area contributed by atoms with Crippen molar-refractivity contribution in [3.05, 3.63) is 36.3 Å². The number of aromatic nitrogens is 3. The van der Waals surface area contributed by atoms with Crippen LogP contribution in [0.3, 0.4) is 0 Å². The zero-order chi connectivity index (χ0) is 14.1. The molecule has 0 saturated carbocycles. The highest BCUT2D eigenvalue weighted by molar-refractivity contribution is 5.65. The molecule has 1 N–H and O–H groups in total. The Kier molecular flexibility index (Phi) is 3.02. The summed E-state index contributed by atoms with van der Waals surface area (Å²) >= 11 is 0. The summed E-state index contributed by atoms with van der Waals surface area (Å²) in [7, 11) is 0. The average Bonchev–Trinajstić information content (AvgIpc) is 2.81. The van der Waals surface area contributed by atoms with Crippen LogP contribution in [0.5, 0.6) is 11.6 Å². The van der Waals surface area contributed by atoms with E-state index in [4.69, 9.17) is 4.74 Å². The predicted molar refractivity (Wildman–Crippen MR) is 69.6 cm³/mol. The number of amides is 1. The molecule has 3 rings (SSSR count). The molecule has 0 fully saturated rings. The van der Waals surface area contributed by atoms with E-state index in [2.05, 4.69) is 10.1 Å². The molecule has 0 saturated heterocycles. The van der Waals surface area contributed by atoms with Gasteiger partial charge in [-0.1, -0.05) is 6.07 Å². The van der Waals surface area contributed by atoms with Crippen LogP contribution in [0.15, 0.2) is 30.6 Å². The summed E-state index contributed by atoms with van der Waals surface area (Å²) in [6.45, 7) is 2.64. The van der Waals surface area contributed by atoms with Crippen molar-refractivity contribution in [2.75, 3.05) is 0 Å². The Morgan fingerprint density at radius 3 is 3.05 bits per heavy atom. The van der Waals surface area contributed by atoms with Crippen molar-refractivity contribution in [2.45, 2.75) is 26.1 Å². The standard InChI is InChI=1S/C13H14N4O3/c1-9-7-17-10(8-16(9)13(18)19)11(6-15-17)20-12-4-2-3-5-14-12/h2-6,9H,7-8H2,1H3,(H,18,19)/t9-/m0/s1. The molecule has 1 aliphatic heterocycles. The van der Waals surface area contributed by atoms with Crippen molar-refractivity contribution < 1.29 is 14.6 Å². The first-order valence-corrected chi connectivity index (χ1v) is 6.28. The van der Waals surface area contributed by atoms with Crippen LogP contribution in [0.4, 0.5) is 4.79 Å². The van der Waals surface area contributed by atoms with Crippen LogP contribution < -0.4 is 4.74 Å². The van der Waals surface area contributed by atoms with Gasteiger partial charge in [0, 0.05) is 12.3 Å². The first kappa shape index (κ1) is 12.5. The molecule has 7 nitrogen and oxygen atoms in total. The van der Waals surface area contributed by atoms with E-state index < -0.39 is 6.09 Å². The van der Waals surface area contributed by atoms with Crippen LogP contribution in [0.1, 0.15) is 12.6 Å². The summed E-state index contributed by atoms with van der Waals surface area (Å²) in [6.07, 6.45) is 2.30. The molecule has 104 valence electrons. The van der Waals surface area contributed by atoms with Crippen molar-refractivity contribution in [3.8, 4) is 11.6 Å². The second-order valence-corrected chi connectivity index (χ2v) is 4.67. The molecule has 3 heterocycles. The van der Waals surface area contributed by atoms with Crippen molar-refractivity contribution >= 4 is 6.09 Å². The Morgan fingerprint density at radius 1 is 1.50 bits per heavy atom. The number of rotatable bonds is 2. The summed E-state index contributed by atoms with van der Waals surface area (Å²) in [6, 6.07) is 5.25. The molecule has 2 aromatic heterocycles. The molecule has 1 aliphatic rings. The molecule has 0 spiro atoms. The van der Waals surface area contributed by atoms with Gasteiger partial charge in [-0.25, -0.2) is 9.78 Å². The minimum absolute atomic E-state index is 0.109.